The van der Waals surface area contributed by atoms with Crippen LogP contribution in [0.15, 0.2) is 59.8 Å². The third-order valence-corrected chi connectivity index (χ3v) is 4.00. The Morgan fingerprint density at radius 1 is 1.10 bits per heavy atom. The van der Waals surface area contributed by atoms with E-state index in [-0.39, 0.29) is 18.1 Å². The molecular formula is C19H21N7O3. The van der Waals surface area contributed by atoms with E-state index in [0.717, 1.165) is 5.56 Å². The van der Waals surface area contributed by atoms with Crippen molar-refractivity contribution in [2.75, 3.05) is 24.7 Å². The summed E-state index contributed by atoms with van der Waals surface area (Å²) in [6.45, 7) is 0.431. The molecule has 3 aromatic rings. The number of carbonyl (C=O) groups excluding carboxylic acids is 2. The average Bonchev–Trinajstić information content (AvgIpc) is 3.10. The maximum Gasteiger partial charge on any atom is 0.347 e. The molecule has 0 aliphatic carbocycles. The molecule has 2 heterocycles. The van der Waals surface area contributed by atoms with Gasteiger partial charge < -0.3 is 10.2 Å². The van der Waals surface area contributed by atoms with E-state index in [1.165, 1.54) is 20.3 Å². The van der Waals surface area contributed by atoms with E-state index in [4.69, 9.17) is 0 Å². The quantitative estimate of drug-likeness (QED) is 0.651. The van der Waals surface area contributed by atoms with Crippen LogP contribution in [-0.4, -0.2) is 50.3 Å². The van der Waals surface area contributed by atoms with Gasteiger partial charge in [-0.2, -0.15) is 5.10 Å². The van der Waals surface area contributed by atoms with Crippen molar-refractivity contribution in [3.8, 4) is 0 Å². The van der Waals surface area contributed by atoms with E-state index in [1.54, 1.807) is 56.8 Å². The van der Waals surface area contributed by atoms with E-state index in [0.29, 0.717) is 18.1 Å². The first-order chi connectivity index (χ1) is 13.9. The molecule has 0 saturated heterocycles. The number of aromatic nitrogens is 4. The number of anilines is 2. The van der Waals surface area contributed by atoms with E-state index < -0.39 is 6.03 Å². The van der Waals surface area contributed by atoms with E-state index in [9.17, 15) is 14.4 Å². The molecule has 0 bridgehead atoms. The zero-order valence-corrected chi connectivity index (χ0v) is 16.1. The lowest BCUT2D eigenvalue weighted by atomic mass is 10.2. The fourth-order valence-corrected chi connectivity index (χ4v) is 2.53. The second-order valence-corrected chi connectivity index (χ2v) is 6.50. The second kappa shape index (κ2) is 8.83. The minimum absolute atomic E-state index is 0.0893. The van der Waals surface area contributed by atoms with Crippen LogP contribution in [0.25, 0.3) is 0 Å². The number of hydrogen-bond acceptors (Lipinski definition) is 5. The molecule has 3 amide bonds. The Morgan fingerprint density at radius 2 is 1.93 bits per heavy atom. The van der Waals surface area contributed by atoms with Gasteiger partial charge >= 0.3 is 11.7 Å². The summed E-state index contributed by atoms with van der Waals surface area (Å²) in [5.41, 5.74) is 1.07. The van der Waals surface area contributed by atoms with Crippen molar-refractivity contribution in [2.45, 2.75) is 13.1 Å². The maximum atomic E-state index is 12.2. The van der Waals surface area contributed by atoms with Gasteiger partial charge in [0.05, 0.1) is 6.54 Å². The Morgan fingerprint density at radius 3 is 2.69 bits per heavy atom. The minimum Gasteiger partial charge on any atom is -0.347 e. The largest absolute Gasteiger partial charge is 0.347 e. The van der Waals surface area contributed by atoms with Crippen LogP contribution in [0.4, 0.5) is 16.3 Å². The summed E-state index contributed by atoms with van der Waals surface area (Å²) >= 11 is 0. The molecule has 0 aliphatic heterocycles. The summed E-state index contributed by atoms with van der Waals surface area (Å²) in [6.07, 6.45) is 4.71. The standard InChI is InChI=1S/C19H21N7O3/c1-24(2)17(27)13-26-10-7-16(23-26)22-18(28)21-15-6-3-5-14(11-15)12-25-9-4-8-20-19(25)29/h3-11H,12-13H2,1-2H3,(H2,21,22,23,28). The first kappa shape index (κ1) is 19.8. The Balaban J connectivity index is 1.60. The summed E-state index contributed by atoms with van der Waals surface area (Å²) in [6, 6.07) is 9.97. The normalized spacial score (nSPS) is 10.4. The number of nitrogens with one attached hydrogen (secondary N) is 2. The number of nitrogens with zero attached hydrogens (tertiary/aromatic N) is 5. The van der Waals surface area contributed by atoms with Gasteiger partial charge in [-0.1, -0.05) is 12.1 Å². The molecule has 0 aliphatic rings. The summed E-state index contributed by atoms with van der Waals surface area (Å²) in [5, 5.41) is 9.49. The highest BCUT2D eigenvalue weighted by atomic mass is 16.2. The zero-order chi connectivity index (χ0) is 20.8. The Kier molecular flexibility index (Phi) is 6.03. The number of likely N-dealkylation sites (N-methyl/N-ethyl adjacent to an activating group) is 1. The molecule has 0 radical (unpaired) electrons. The fourth-order valence-electron chi connectivity index (χ4n) is 2.53. The first-order valence-corrected chi connectivity index (χ1v) is 8.83. The van der Waals surface area contributed by atoms with Gasteiger partial charge in [-0.05, 0) is 23.8 Å². The summed E-state index contributed by atoms with van der Waals surface area (Å²) in [7, 11) is 3.33. The lowest BCUT2D eigenvalue weighted by Crippen LogP contribution is -2.26. The minimum atomic E-state index is -0.468. The van der Waals surface area contributed by atoms with Crippen molar-refractivity contribution in [2.24, 2.45) is 0 Å². The van der Waals surface area contributed by atoms with Gasteiger partial charge in [-0.25, -0.2) is 14.6 Å². The summed E-state index contributed by atoms with van der Waals surface area (Å²) < 4.78 is 2.92. The number of carbonyl (C=O) groups is 2. The van der Waals surface area contributed by atoms with Crippen molar-refractivity contribution >= 4 is 23.4 Å². The highest BCUT2D eigenvalue weighted by Gasteiger charge is 2.09. The van der Waals surface area contributed by atoms with E-state index in [2.05, 4.69) is 20.7 Å². The van der Waals surface area contributed by atoms with Gasteiger partial charge in [0.25, 0.3) is 0 Å². The van der Waals surface area contributed by atoms with Crippen LogP contribution < -0.4 is 16.3 Å². The number of rotatable bonds is 6. The SMILES string of the molecule is CN(C)C(=O)Cn1ccc(NC(=O)Nc2cccc(Cn3cccnc3=O)c2)n1. The van der Waals surface area contributed by atoms with Crippen LogP contribution in [0.1, 0.15) is 5.56 Å². The van der Waals surface area contributed by atoms with Gasteiger partial charge in [-0.3, -0.25) is 19.4 Å². The number of hydrogen-bond donors (Lipinski definition) is 2. The zero-order valence-electron chi connectivity index (χ0n) is 16.1. The number of benzene rings is 1. The van der Waals surface area contributed by atoms with Crippen molar-refractivity contribution < 1.29 is 9.59 Å². The highest BCUT2D eigenvalue weighted by molar-refractivity contribution is 5.99. The summed E-state index contributed by atoms with van der Waals surface area (Å²) in [5.74, 6) is 0.223. The van der Waals surface area contributed by atoms with Crippen LogP contribution in [0.3, 0.4) is 0 Å². The molecule has 10 nitrogen and oxygen atoms in total. The van der Waals surface area contributed by atoms with Gasteiger partial charge in [0.15, 0.2) is 5.82 Å². The molecule has 0 saturated carbocycles. The molecule has 3 rings (SSSR count). The van der Waals surface area contributed by atoms with Gasteiger partial charge in [0, 0.05) is 44.4 Å². The van der Waals surface area contributed by atoms with Crippen LogP contribution in [0, 0.1) is 0 Å². The van der Waals surface area contributed by atoms with Gasteiger partial charge in [0.1, 0.15) is 6.54 Å². The van der Waals surface area contributed by atoms with Crippen LogP contribution in [0.2, 0.25) is 0 Å². The van der Waals surface area contributed by atoms with Gasteiger partial charge in [0.2, 0.25) is 5.91 Å². The molecule has 2 aromatic heterocycles. The molecule has 2 N–H and O–H groups in total. The molecular weight excluding hydrogens is 374 g/mol. The van der Waals surface area contributed by atoms with E-state index in [1.807, 2.05) is 6.07 Å². The third-order valence-electron chi connectivity index (χ3n) is 4.00. The second-order valence-electron chi connectivity index (χ2n) is 6.50. The van der Waals surface area contributed by atoms with E-state index >= 15 is 0 Å². The molecule has 0 spiro atoms. The predicted octanol–water partition coefficient (Wildman–Crippen LogP) is 1.22. The highest BCUT2D eigenvalue weighted by Crippen LogP contribution is 2.12. The number of urea groups is 1. The Hall–Kier alpha value is -3.95. The molecule has 0 atom stereocenters. The van der Waals surface area contributed by atoms with Crippen molar-refractivity contribution in [1.29, 1.82) is 0 Å². The summed E-state index contributed by atoms with van der Waals surface area (Å²) in [4.78, 5) is 40.9. The van der Waals surface area contributed by atoms with Crippen molar-refractivity contribution in [3.63, 3.8) is 0 Å². The smallest absolute Gasteiger partial charge is 0.347 e. The molecule has 150 valence electrons. The average molecular weight is 395 g/mol. The van der Waals surface area contributed by atoms with Crippen LogP contribution >= 0.6 is 0 Å². The molecule has 0 fully saturated rings. The van der Waals surface area contributed by atoms with Crippen molar-refractivity contribution in [1.82, 2.24) is 24.2 Å². The lowest BCUT2D eigenvalue weighted by Gasteiger charge is -2.10. The predicted molar refractivity (Wildman–Crippen MR) is 108 cm³/mol. The molecule has 1 aromatic carbocycles. The number of amides is 3. The monoisotopic (exact) mass is 395 g/mol. The van der Waals surface area contributed by atoms with Crippen LogP contribution in [0.5, 0.6) is 0 Å². The molecule has 0 unspecified atom stereocenters. The lowest BCUT2D eigenvalue weighted by molar-refractivity contribution is -0.129. The molecule has 29 heavy (non-hydrogen) atoms. The topological polar surface area (TPSA) is 114 Å². The Bertz CT molecular complexity index is 1070. The maximum absolute atomic E-state index is 12.2. The van der Waals surface area contributed by atoms with Gasteiger partial charge in [-0.15, -0.1) is 0 Å². The Labute approximate surface area is 166 Å². The first-order valence-electron chi connectivity index (χ1n) is 8.83. The van der Waals surface area contributed by atoms with Crippen LogP contribution in [-0.2, 0) is 17.9 Å². The fraction of sp³-hybridized carbons (Fsp3) is 0.211. The molecule has 10 heteroatoms. The van der Waals surface area contributed by atoms with Crippen molar-refractivity contribution in [3.05, 3.63) is 71.0 Å². The third kappa shape index (κ3) is 5.51.